The zero-order valence-electron chi connectivity index (χ0n) is 20.4. The van der Waals surface area contributed by atoms with Crippen molar-refractivity contribution < 1.29 is 26.3 Å². The highest BCUT2D eigenvalue weighted by Crippen LogP contribution is 2.25. The minimum Gasteiger partial charge on any atom is -0.385 e. The molecule has 0 fully saturated rings. The second-order valence-corrected chi connectivity index (χ2v) is 6.74. The van der Waals surface area contributed by atoms with Crippen LogP contribution in [-0.4, -0.2) is 47.3 Å². The number of Topliss-reactive ketones (excluding diaryl/α,β-unsaturated/α-hetero) is 1. The molecule has 0 aromatic heterocycles. The number of amides is 2. The second-order valence-electron chi connectivity index (χ2n) is 6.74. The van der Waals surface area contributed by atoms with Gasteiger partial charge in [0.2, 0.25) is 11.8 Å². The number of likely N-dealkylation sites (N-methyl/N-ethyl adjacent to an activating group) is 1. The summed E-state index contributed by atoms with van der Waals surface area (Å²) in [6.45, 7) is 1.73. The van der Waals surface area contributed by atoms with E-state index in [-0.39, 0.29) is 17.0 Å². The lowest BCUT2D eigenvalue weighted by Gasteiger charge is -2.24. The molecule has 0 spiro atoms. The molecule has 26 heavy (non-hydrogen) atoms. The maximum Gasteiger partial charge on any atom is 0.249 e. The van der Waals surface area contributed by atoms with Crippen molar-refractivity contribution in [1.82, 2.24) is 10.2 Å². The molecular formula is C20H28N2O4. The standard InChI is InChI=1S/C20H28N2O4/c1-12(2)18(24)16(23)11-13(3)19(25)21-17-15-8-6-5-7-14(15)9-10-22(4)20(17)26/h5-8,12-13,17-18,24H,9-11H2,1-4H3,(H,21,25)/t13-,17+,18+/m1/s1/i9D2,10D2,13D. The lowest BCUT2D eigenvalue weighted by atomic mass is 9.94. The normalized spacial score (nSPS) is 27.5. The number of nitrogens with one attached hydrogen (secondary N) is 1. The van der Waals surface area contributed by atoms with Gasteiger partial charge >= 0.3 is 0 Å². The molecule has 2 amide bonds. The van der Waals surface area contributed by atoms with Crippen molar-refractivity contribution >= 4 is 17.6 Å². The largest absolute Gasteiger partial charge is 0.385 e. The van der Waals surface area contributed by atoms with Gasteiger partial charge in [-0.15, -0.1) is 0 Å². The number of hydrogen-bond donors (Lipinski definition) is 2. The molecular weight excluding hydrogens is 332 g/mol. The first-order valence-corrected chi connectivity index (χ1v) is 8.44. The summed E-state index contributed by atoms with van der Waals surface area (Å²) in [7, 11) is 1.10. The van der Waals surface area contributed by atoms with Crippen molar-refractivity contribution in [2.24, 2.45) is 11.8 Å². The highest BCUT2D eigenvalue weighted by atomic mass is 16.3. The predicted octanol–water partition coefficient (Wildman–Crippen LogP) is 1.47. The molecule has 0 bridgehead atoms. The smallest absolute Gasteiger partial charge is 0.249 e. The molecule has 6 nitrogen and oxygen atoms in total. The van der Waals surface area contributed by atoms with Gasteiger partial charge in [0.25, 0.3) is 0 Å². The zero-order chi connectivity index (χ0) is 23.9. The number of carbonyl (C=O) groups is 3. The molecule has 142 valence electrons. The van der Waals surface area contributed by atoms with E-state index in [2.05, 4.69) is 5.32 Å². The number of benzene rings is 1. The van der Waals surface area contributed by atoms with E-state index in [0.29, 0.717) is 4.90 Å². The Morgan fingerprint density at radius 1 is 1.38 bits per heavy atom. The summed E-state index contributed by atoms with van der Waals surface area (Å²) in [5, 5.41) is 12.3. The summed E-state index contributed by atoms with van der Waals surface area (Å²) >= 11 is 0. The van der Waals surface area contributed by atoms with Gasteiger partial charge in [-0.3, -0.25) is 14.4 Å². The van der Waals surface area contributed by atoms with Gasteiger partial charge in [-0.25, -0.2) is 0 Å². The van der Waals surface area contributed by atoms with Gasteiger partial charge in [0.15, 0.2) is 5.78 Å². The first-order valence-electron chi connectivity index (χ1n) is 10.9. The van der Waals surface area contributed by atoms with E-state index in [1.807, 2.05) is 0 Å². The number of aliphatic hydroxyl groups is 1. The summed E-state index contributed by atoms with van der Waals surface area (Å²) in [5.74, 6) is -4.94. The number of aryl methyl sites for hydroxylation is 1. The van der Waals surface area contributed by atoms with Crippen LogP contribution in [0.2, 0.25) is 0 Å². The minimum atomic E-state index is -2.71. The second kappa shape index (κ2) is 8.45. The maximum absolute atomic E-state index is 13.0. The van der Waals surface area contributed by atoms with Crippen LogP contribution >= 0.6 is 0 Å². The van der Waals surface area contributed by atoms with Crippen molar-refractivity contribution in [1.29, 1.82) is 0 Å². The lowest BCUT2D eigenvalue weighted by Crippen LogP contribution is -2.43. The van der Waals surface area contributed by atoms with Crippen LogP contribution in [0.25, 0.3) is 0 Å². The molecule has 6 heteroatoms. The Labute approximate surface area is 161 Å². The molecule has 0 saturated carbocycles. The summed E-state index contributed by atoms with van der Waals surface area (Å²) < 4.78 is 41.3. The average molecular weight is 365 g/mol. The van der Waals surface area contributed by atoms with Gasteiger partial charge < -0.3 is 15.3 Å². The van der Waals surface area contributed by atoms with Crippen molar-refractivity contribution in [2.45, 2.75) is 45.7 Å². The van der Waals surface area contributed by atoms with E-state index >= 15 is 0 Å². The van der Waals surface area contributed by atoms with Crippen LogP contribution in [0.3, 0.4) is 0 Å². The Morgan fingerprint density at radius 3 is 2.69 bits per heavy atom. The molecule has 1 aliphatic heterocycles. The minimum absolute atomic E-state index is 0.0726. The van der Waals surface area contributed by atoms with E-state index in [1.54, 1.807) is 13.8 Å². The number of nitrogens with zero attached hydrogens (tertiary/aromatic N) is 1. The van der Waals surface area contributed by atoms with E-state index in [9.17, 15) is 19.5 Å². The number of ketones is 1. The molecule has 2 rings (SSSR count). The first kappa shape index (κ1) is 13.9. The van der Waals surface area contributed by atoms with E-state index < -0.39 is 54.9 Å². The molecule has 1 aromatic rings. The van der Waals surface area contributed by atoms with Crippen LogP contribution in [0.5, 0.6) is 0 Å². The fourth-order valence-electron chi connectivity index (χ4n) is 2.60. The highest BCUT2D eigenvalue weighted by Gasteiger charge is 2.32. The van der Waals surface area contributed by atoms with Crippen LogP contribution in [0.1, 0.15) is 51.2 Å². The molecule has 0 saturated heterocycles. The highest BCUT2D eigenvalue weighted by molar-refractivity contribution is 5.92. The third-order valence-electron chi connectivity index (χ3n) is 4.27. The fourth-order valence-corrected chi connectivity index (χ4v) is 2.60. The number of carbonyl (C=O) groups excluding carboxylic acids is 3. The average Bonchev–Trinajstić information content (AvgIpc) is 2.72. The lowest BCUT2D eigenvalue weighted by molar-refractivity contribution is -0.137. The van der Waals surface area contributed by atoms with Crippen molar-refractivity contribution in [2.75, 3.05) is 13.5 Å². The van der Waals surface area contributed by atoms with Crippen molar-refractivity contribution in [3.63, 3.8) is 0 Å². The molecule has 0 unspecified atom stereocenters. The Bertz CT molecular complexity index is 888. The SMILES string of the molecule is [2H]C1([2H])c2ccccc2[C@H](NC(=O)[C@]([2H])(C)CC(=O)[C@@H](O)C(C)C)C(=O)N(C)C1([2H])[2H]. The molecule has 0 radical (unpaired) electrons. The third kappa shape index (κ3) is 4.49. The third-order valence-corrected chi connectivity index (χ3v) is 4.27. The first-order chi connectivity index (χ1) is 14.1. The van der Waals surface area contributed by atoms with Gasteiger partial charge in [0.1, 0.15) is 12.1 Å². The molecule has 0 aliphatic carbocycles. The predicted molar refractivity (Wildman–Crippen MR) is 98.3 cm³/mol. The van der Waals surface area contributed by atoms with Gasteiger partial charge in [-0.1, -0.05) is 45.0 Å². The Balaban J connectivity index is 2.42. The quantitative estimate of drug-likeness (QED) is 0.799. The maximum atomic E-state index is 13.0. The fraction of sp³-hybridized carbons (Fsp3) is 0.550. The molecule has 2 N–H and O–H groups in total. The number of fused-ring (bicyclic) bond motifs is 1. The van der Waals surface area contributed by atoms with Gasteiger partial charge in [-0.05, 0) is 23.4 Å². The number of rotatable bonds is 6. The Morgan fingerprint density at radius 2 is 2.04 bits per heavy atom. The van der Waals surface area contributed by atoms with Gasteiger partial charge in [-0.2, -0.15) is 0 Å². The van der Waals surface area contributed by atoms with Crippen LogP contribution in [0.15, 0.2) is 24.3 Å². The Kier molecular flexibility index (Phi) is 4.52. The number of hydrogen-bond acceptors (Lipinski definition) is 4. The summed E-state index contributed by atoms with van der Waals surface area (Å²) in [6.07, 6.45) is -4.49. The summed E-state index contributed by atoms with van der Waals surface area (Å²) in [6, 6.07) is 4.35. The Hall–Kier alpha value is -2.21. The van der Waals surface area contributed by atoms with Crippen molar-refractivity contribution in [3.8, 4) is 0 Å². The van der Waals surface area contributed by atoms with Crippen LogP contribution in [0, 0.1) is 11.8 Å². The molecule has 1 heterocycles. The van der Waals surface area contributed by atoms with Crippen LogP contribution in [0.4, 0.5) is 0 Å². The summed E-state index contributed by atoms with van der Waals surface area (Å²) in [4.78, 5) is 38.7. The molecule has 1 aromatic carbocycles. The van der Waals surface area contributed by atoms with E-state index in [1.165, 1.54) is 31.2 Å². The van der Waals surface area contributed by atoms with Crippen LogP contribution in [-0.2, 0) is 20.8 Å². The topological polar surface area (TPSA) is 86.7 Å². The van der Waals surface area contributed by atoms with E-state index in [4.69, 9.17) is 6.85 Å². The number of aliphatic hydroxyl groups excluding tert-OH is 1. The van der Waals surface area contributed by atoms with E-state index in [0.717, 1.165) is 7.05 Å². The molecule has 3 atom stereocenters. The van der Waals surface area contributed by atoms with Crippen molar-refractivity contribution in [3.05, 3.63) is 35.4 Å². The monoisotopic (exact) mass is 365 g/mol. The zero-order valence-corrected chi connectivity index (χ0v) is 15.4. The summed E-state index contributed by atoms with van der Waals surface area (Å²) in [5.41, 5.74) is -0.0237. The van der Waals surface area contributed by atoms with Gasteiger partial charge in [0.05, 0.1) is 0 Å². The van der Waals surface area contributed by atoms with Crippen LogP contribution < -0.4 is 5.32 Å². The van der Waals surface area contributed by atoms with Gasteiger partial charge in [0, 0.05) is 32.7 Å². The molecule has 1 aliphatic rings.